The molecule has 1 amide bonds. The summed E-state index contributed by atoms with van der Waals surface area (Å²) >= 11 is 1.60. The topological polar surface area (TPSA) is 67.3 Å². The van der Waals surface area contributed by atoms with E-state index in [-0.39, 0.29) is 29.1 Å². The van der Waals surface area contributed by atoms with Crippen molar-refractivity contribution in [2.75, 3.05) is 6.61 Å². The van der Waals surface area contributed by atoms with Crippen LogP contribution < -0.4 is 0 Å². The summed E-state index contributed by atoms with van der Waals surface area (Å²) in [6.45, 7) is 7.03. The number of benzene rings is 3. The number of hydrogen-bond acceptors (Lipinski definition) is 4. The Kier molecular flexibility index (Phi) is 6.40. The number of hydrogen-bond donors (Lipinski definition) is 1. The van der Waals surface area contributed by atoms with Crippen LogP contribution in [0.15, 0.2) is 72.9 Å². The van der Waals surface area contributed by atoms with E-state index in [2.05, 4.69) is 58.9 Å². The second kappa shape index (κ2) is 9.87. The minimum atomic E-state index is -0.725. The molecule has 0 radical (unpaired) electrons. The third-order valence-corrected chi connectivity index (χ3v) is 8.94. The van der Waals surface area contributed by atoms with E-state index in [1.54, 1.807) is 23.6 Å². The van der Waals surface area contributed by atoms with E-state index in [1.165, 1.54) is 16.4 Å². The molecule has 6 nitrogen and oxygen atoms in total. The number of nitrogens with one attached hydrogen (secondary N) is 1. The molecule has 1 fully saturated rings. The average Bonchev–Trinajstić information content (AvgIpc) is 3.58. The highest BCUT2D eigenvalue weighted by Gasteiger charge is 2.45. The SMILES string of the molecule is CCOC(=O)C(Cc1c[nH]c2ccccc12)N1C(=O)C(C)SC1c1ccc2c(c1)c1ccccc1n2CC. The first-order valence-electron chi connectivity index (χ1n) is 13.2. The molecular formula is C31H31N3O3S. The lowest BCUT2D eigenvalue weighted by Crippen LogP contribution is -2.46. The van der Waals surface area contributed by atoms with Crippen LogP contribution in [0.25, 0.3) is 32.7 Å². The van der Waals surface area contributed by atoms with Gasteiger partial charge in [-0.05, 0) is 56.2 Å². The Morgan fingerprint density at radius 1 is 1.00 bits per heavy atom. The van der Waals surface area contributed by atoms with Crippen molar-refractivity contribution in [3.63, 3.8) is 0 Å². The van der Waals surface area contributed by atoms with E-state index in [4.69, 9.17) is 4.74 Å². The zero-order valence-corrected chi connectivity index (χ0v) is 22.6. The fraction of sp³-hybridized carbons (Fsp3) is 0.290. The van der Waals surface area contributed by atoms with Crippen LogP contribution in [0.4, 0.5) is 0 Å². The molecule has 0 spiro atoms. The minimum Gasteiger partial charge on any atom is -0.464 e. The van der Waals surface area contributed by atoms with E-state index >= 15 is 0 Å². The molecule has 3 atom stereocenters. The van der Waals surface area contributed by atoms with Crippen molar-refractivity contribution < 1.29 is 14.3 Å². The van der Waals surface area contributed by atoms with Gasteiger partial charge in [0.15, 0.2) is 0 Å². The Labute approximate surface area is 225 Å². The van der Waals surface area contributed by atoms with Gasteiger partial charge in [0.1, 0.15) is 11.4 Å². The molecule has 38 heavy (non-hydrogen) atoms. The molecule has 5 aromatic rings. The molecule has 194 valence electrons. The minimum absolute atomic E-state index is 0.0334. The summed E-state index contributed by atoms with van der Waals surface area (Å²) in [5.74, 6) is -0.400. The first kappa shape index (κ1) is 24.6. The summed E-state index contributed by atoms with van der Waals surface area (Å²) in [5, 5.41) is 2.87. The monoisotopic (exact) mass is 525 g/mol. The van der Waals surface area contributed by atoms with E-state index < -0.39 is 6.04 Å². The van der Waals surface area contributed by atoms with Crippen LogP contribution in [-0.4, -0.2) is 44.2 Å². The van der Waals surface area contributed by atoms with Crippen LogP contribution in [0.5, 0.6) is 0 Å². The first-order valence-corrected chi connectivity index (χ1v) is 14.2. The summed E-state index contributed by atoms with van der Waals surface area (Å²) in [4.78, 5) is 32.1. The molecule has 0 saturated carbocycles. The number of fused-ring (bicyclic) bond motifs is 4. The van der Waals surface area contributed by atoms with Gasteiger partial charge in [-0.25, -0.2) is 4.79 Å². The standard InChI is InChI=1S/C31H31N3O3S/c1-4-33-26-13-9-7-11-23(26)24-16-20(14-15-27(24)33)30-34(29(35)19(3)38-30)28(31(36)37-5-2)17-21-18-32-25-12-8-6-10-22(21)25/h6-16,18-19,28,30,32H,4-5,17H2,1-3H3. The Bertz CT molecular complexity index is 1670. The van der Waals surface area contributed by atoms with Gasteiger partial charge in [0.25, 0.3) is 0 Å². The molecule has 6 rings (SSSR count). The lowest BCUT2D eigenvalue weighted by Gasteiger charge is -2.31. The smallest absolute Gasteiger partial charge is 0.329 e. The van der Waals surface area contributed by atoms with Crippen LogP contribution in [0.2, 0.25) is 0 Å². The highest BCUT2D eigenvalue weighted by Crippen LogP contribution is 2.46. The number of H-pyrrole nitrogens is 1. The van der Waals surface area contributed by atoms with Gasteiger partial charge in [-0.15, -0.1) is 11.8 Å². The maximum absolute atomic E-state index is 13.6. The van der Waals surface area contributed by atoms with Crippen molar-refractivity contribution in [2.24, 2.45) is 0 Å². The highest BCUT2D eigenvalue weighted by atomic mass is 32.2. The van der Waals surface area contributed by atoms with Crippen molar-refractivity contribution in [1.29, 1.82) is 0 Å². The number of aromatic amines is 1. The quantitative estimate of drug-likeness (QED) is 0.249. The predicted molar refractivity (Wildman–Crippen MR) is 154 cm³/mol. The molecule has 0 aliphatic carbocycles. The summed E-state index contributed by atoms with van der Waals surface area (Å²) in [6.07, 6.45) is 2.32. The summed E-state index contributed by atoms with van der Waals surface area (Å²) in [7, 11) is 0. The van der Waals surface area contributed by atoms with E-state index in [0.717, 1.165) is 34.0 Å². The van der Waals surface area contributed by atoms with Crippen LogP contribution in [-0.2, 0) is 27.3 Å². The van der Waals surface area contributed by atoms with Gasteiger partial charge in [0.2, 0.25) is 5.91 Å². The Morgan fingerprint density at radius 3 is 2.53 bits per heavy atom. The van der Waals surface area contributed by atoms with Crippen molar-refractivity contribution >= 4 is 56.3 Å². The lowest BCUT2D eigenvalue weighted by atomic mass is 10.0. The number of para-hydroxylation sites is 2. The zero-order chi connectivity index (χ0) is 26.4. The normalized spacial score (nSPS) is 18.6. The van der Waals surface area contributed by atoms with Crippen LogP contribution in [0.1, 0.15) is 37.3 Å². The molecule has 3 aromatic carbocycles. The van der Waals surface area contributed by atoms with Gasteiger partial charge in [0, 0.05) is 51.9 Å². The second-order valence-corrected chi connectivity index (χ2v) is 11.2. The fourth-order valence-electron chi connectivity index (χ4n) is 5.81. The van der Waals surface area contributed by atoms with Gasteiger partial charge >= 0.3 is 5.97 Å². The molecule has 1 aliphatic rings. The van der Waals surface area contributed by atoms with Gasteiger partial charge in [-0.3, -0.25) is 4.79 Å². The van der Waals surface area contributed by atoms with E-state index in [1.807, 2.05) is 37.4 Å². The maximum Gasteiger partial charge on any atom is 0.329 e. The molecule has 3 heterocycles. The number of nitrogens with zero attached hydrogens (tertiary/aromatic N) is 2. The van der Waals surface area contributed by atoms with Gasteiger partial charge < -0.3 is 19.2 Å². The molecule has 2 aromatic heterocycles. The number of carbonyl (C=O) groups is 2. The number of amides is 1. The first-order chi connectivity index (χ1) is 18.5. The molecular weight excluding hydrogens is 494 g/mol. The van der Waals surface area contributed by atoms with Crippen molar-refractivity contribution in [1.82, 2.24) is 14.5 Å². The predicted octanol–water partition coefficient (Wildman–Crippen LogP) is 6.43. The van der Waals surface area contributed by atoms with Gasteiger partial charge in [0.05, 0.1) is 11.9 Å². The second-order valence-electron chi connectivity index (χ2n) is 9.75. The number of esters is 1. The summed E-state index contributed by atoms with van der Waals surface area (Å²) < 4.78 is 7.85. The molecule has 1 N–H and O–H groups in total. The molecule has 1 saturated heterocycles. The fourth-order valence-corrected chi connectivity index (χ4v) is 7.12. The third-order valence-electron chi connectivity index (χ3n) is 7.57. The van der Waals surface area contributed by atoms with Crippen molar-refractivity contribution in [3.05, 3.63) is 84.1 Å². The van der Waals surface area contributed by atoms with Crippen LogP contribution >= 0.6 is 11.8 Å². The van der Waals surface area contributed by atoms with Gasteiger partial charge in [-0.2, -0.15) is 0 Å². The molecule has 3 unspecified atom stereocenters. The Hall–Kier alpha value is -3.71. The number of ether oxygens (including phenoxy) is 1. The summed E-state index contributed by atoms with van der Waals surface area (Å²) in [5.41, 5.74) is 5.40. The maximum atomic E-state index is 13.6. The molecule has 7 heteroatoms. The van der Waals surface area contributed by atoms with Crippen LogP contribution in [0.3, 0.4) is 0 Å². The number of thioether (sulfide) groups is 1. The number of aryl methyl sites for hydroxylation is 1. The third kappa shape index (κ3) is 3.97. The van der Waals surface area contributed by atoms with Crippen molar-refractivity contribution in [2.45, 2.75) is 50.4 Å². The zero-order valence-electron chi connectivity index (χ0n) is 21.8. The average molecular weight is 526 g/mol. The highest BCUT2D eigenvalue weighted by molar-refractivity contribution is 8.01. The van der Waals surface area contributed by atoms with E-state index in [9.17, 15) is 9.59 Å². The molecule has 1 aliphatic heterocycles. The van der Waals surface area contributed by atoms with E-state index in [0.29, 0.717) is 6.42 Å². The Morgan fingerprint density at radius 2 is 1.74 bits per heavy atom. The number of aromatic nitrogens is 2. The van der Waals surface area contributed by atoms with Crippen LogP contribution in [0, 0.1) is 0 Å². The number of rotatable bonds is 7. The lowest BCUT2D eigenvalue weighted by molar-refractivity contribution is -0.154. The largest absolute Gasteiger partial charge is 0.464 e. The Balaban J connectivity index is 1.45. The number of carbonyl (C=O) groups excluding carboxylic acids is 2. The van der Waals surface area contributed by atoms with Crippen molar-refractivity contribution in [3.8, 4) is 0 Å². The van der Waals surface area contributed by atoms with Gasteiger partial charge in [-0.1, -0.05) is 42.5 Å². The summed E-state index contributed by atoms with van der Waals surface area (Å²) in [6, 6.07) is 22.2. The molecule has 0 bridgehead atoms.